The first-order valence-corrected chi connectivity index (χ1v) is 9.14. The quantitative estimate of drug-likeness (QED) is 0.844. The Labute approximate surface area is 149 Å². The molecule has 7 heteroatoms. The maximum Gasteiger partial charge on any atom is 0.317 e. The minimum atomic E-state index is -0.0147. The second-order valence-electron chi connectivity index (χ2n) is 6.55. The highest BCUT2D eigenvalue weighted by Crippen LogP contribution is 2.15. The van der Waals surface area contributed by atoms with Crippen LogP contribution in [0.3, 0.4) is 0 Å². The zero-order valence-corrected chi connectivity index (χ0v) is 14.9. The van der Waals surface area contributed by atoms with Crippen molar-refractivity contribution < 1.29 is 14.3 Å². The highest BCUT2D eigenvalue weighted by molar-refractivity contribution is 5.74. The van der Waals surface area contributed by atoms with Crippen molar-refractivity contribution in [3.05, 3.63) is 23.9 Å². The number of morpholine rings is 1. The van der Waals surface area contributed by atoms with E-state index in [9.17, 15) is 4.79 Å². The Morgan fingerprint density at radius 3 is 2.92 bits per heavy atom. The molecular weight excluding hydrogens is 320 g/mol. The normalized spacial score (nSPS) is 20.5. The topological polar surface area (TPSA) is 66.9 Å². The average molecular weight is 348 g/mol. The van der Waals surface area contributed by atoms with Crippen molar-refractivity contribution in [3.8, 4) is 0 Å². The lowest BCUT2D eigenvalue weighted by molar-refractivity contribution is 0.122. The van der Waals surface area contributed by atoms with Gasteiger partial charge in [0.05, 0.1) is 19.8 Å². The molecule has 1 N–H and O–H groups in total. The molecule has 0 radical (unpaired) electrons. The lowest BCUT2D eigenvalue weighted by atomic mass is 10.1. The molecule has 0 aliphatic carbocycles. The lowest BCUT2D eigenvalue weighted by Gasteiger charge is -2.28. The number of amides is 2. The zero-order valence-electron chi connectivity index (χ0n) is 14.9. The molecule has 1 aromatic heterocycles. The molecule has 138 valence electrons. The van der Waals surface area contributed by atoms with Crippen molar-refractivity contribution in [1.82, 2.24) is 15.2 Å². The summed E-state index contributed by atoms with van der Waals surface area (Å²) in [5, 5.41) is 3.03. The molecule has 7 nitrogen and oxygen atoms in total. The van der Waals surface area contributed by atoms with Crippen LogP contribution in [0.1, 0.15) is 18.9 Å². The third kappa shape index (κ3) is 5.06. The maximum atomic E-state index is 12.5. The summed E-state index contributed by atoms with van der Waals surface area (Å²) < 4.78 is 10.8. The summed E-state index contributed by atoms with van der Waals surface area (Å²) >= 11 is 0. The predicted molar refractivity (Wildman–Crippen MR) is 95.7 cm³/mol. The molecule has 2 saturated heterocycles. The molecule has 1 aromatic rings. The van der Waals surface area contributed by atoms with Gasteiger partial charge in [-0.3, -0.25) is 0 Å². The summed E-state index contributed by atoms with van der Waals surface area (Å²) in [4.78, 5) is 21.0. The molecule has 0 aromatic carbocycles. The molecule has 3 heterocycles. The Balaban J connectivity index is 1.52. The van der Waals surface area contributed by atoms with Crippen LogP contribution < -0.4 is 10.2 Å². The number of hydrogen-bond acceptors (Lipinski definition) is 5. The van der Waals surface area contributed by atoms with Crippen molar-refractivity contribution in [3.63, 3.8) is 0 Å². The number of nitrogens with one attached hydrogen (secondary N) is 1. The van der Waals surface area contributed by atoms with Crippen LogP contribution in [0, 0.1) is 5.92 Å². The van der Waals surface area contributed by atoms with E-state index in [-0.39, 0.29) is 6.03 Å². The number of carbonyl (C=O) groups excluding carboxylic acids is 1. The number of aromatic nitrogens is 1. The monoisotopic (exact) mass is 348 g/mol. The van der Waals surface area contributed by atoms with Gasteiger partial charge in [-0.2, -0.15) is 0 Å². The Morgan fingerprint density at radius 2 is 2.20 bits per heavy atom. The lowest BCUT2D eigenvalue weighted by Crippen LogP contribution is -2.42. The molecule has 2 amide bonds. The fraction of sp³-hybridized carbons (Fsp3) is 0.667. The summed E-state index contributed by atoms with van der Waals surface area (Å²) in [6.07, 6.45) is 2.84. The van der Waals surface area contributed by atoms with Crippen LogP contribution in [0.25, 0.3) is 0 Å². The smallest absolute Gasteiger partial charge is 0.317 e. The van der Waals surface area contributed by atoms with Crippen molar-refractivity contribution in [2.45, 2.75) is 19.9 Å². The summed E-state index contributed by atoms with van der Waals surface area (Å²) in [5.41, 5.74) is 1.06. The fourth-order valence-electron chi connectivity index (χ4n) is 3.22. The first kappa shape index (κ1) is 17.9. The fourth-order valence-corrected chi connectivity index (χ4v) is 3.22. The molecule has 1 atom stereocenters. The first-order valence-electron chi connectivity index (χ1n) is 9.14. The second kappa shape index (κ2) is 9.01. The third-order valence-corrected chi connectivity index (χ3v) is 4.76. The minimum Gasteiger partial charge on any atom is -0.381 e. The van der Waals surface area contributed by atoms with Gasteiger partial charge in [-0.15, -0.1) is 0 Å². The number of urea groups is 1. The van der Waals surface area contributed by atoms with E-state index in [4.69, 9.17) is 9.47 Å². The van der Waals surface area contributed by atoms with Gasteiger partial charge in [0, 0.05) is 51.4 Å². The number of hydrogen-bond donors (Lipinski definition) is 1. The van der Waals surface area contributed by atoms with Crippen molar-refractivity contribution in [1.29, 1.82) is 0 Å². The van der Waals surface area contributed by atoms with Crippen LogP contribution in [-0.4, -0.2) is 68.5 Å². The number of nitrogens with zero attached hydrogens (tertiary/aromatic N) is 3. The molecule has 3 rings (SSSR count). The van der Waals surface area contributed by atoms with Crippen LogP contribution in [0.5, 0.6) is 0 Å². The van der Waals surface area contributed by atoms with Gasteiger partial charge in [0.1, 0.15) is 5.82 Å². The molecule has 0 bridgehead atoms. The molecule has 2 aliphatic heterocycles. The molecule has 0 saturated carbocycles. The number of anilines is 1. The highest BCUT2D eigenvalue weighted by Gasteiger charge is 2.21. The van der Waals surface area contributed by atoms with Gasteiger partial charge in [-0.25, -0.2) is 9.78 Å². The van der Waals surface area contributed by atoms with Crippen LogP contribution in [0.2, 0.25) is 0 Å². The van der Waals surface area contributed by atoms with E-state index in [1.54, 1.807) is 6.20 Å². The highest BCUT2D eigenvalue weighted by atomic mass is 16.5. The van der Waals surface area contributed by atoms with E-state index in [1.807, 2.05) is 24.0 Å². The summed E-state index contributed by atoms with van der Waals surface area (Å²) in [7, 11) is 0. The van der Waals surface area contributed by atoms with Crippen LogP contribution in [-0.2, 0) is 16.0 Å². The van der Waals surface area contributed by atoms with E-state index < -0.39 is 0 Å². The van der Waals surface area contributed by atoms with E-state index in [2.05, 4.69) is 15.2 Å². The van der Waals surface area contributed by atoms with Crippen molar-refractivity contribution in [2.75, 3.05) is 57.5 Å². The van der Waals surface area contributed by atoms with Crippen molar-refractivity contribution in [2.24, 2.45) is 5.92 Å². The summed E-state index contributed by atoms with van der Waals surface area (Å²) in [6.45, 7) is 8.75. The molecular formula is C18H28N4O3. The number of carbonyl (C=O) groups is 1. The molecule has 25 heavy (non-hydrogen) atoms. The summed E-state index contributed by atoms with van der Waals surface area (Å²) in [6, 6.07) is 3.98. The largest absolute Gasteiger partial charge is 0.381 e. The van der Waals surface area contributed by atoms with Crippen molar-refractivity contribution >= 4 is 11.8 Å². The average Bonchev–Trinajstić information content (AvgIpc) is 3.18. The SMILES string of the molecule is CCN(C[C@@H]1CCOC1)C(=O)NCc1ccnc(N2CCOCC2)c1. The Morgan fingerprint density at radius 1 is 1.36 bits per heavy atom. The zero-order chi connectivity index (χ0) is 17.5. The third-order valence-electron chi connectivity index (χ3n) is 4.76. The van der Waals surface area contributed by atoms with Gasteiger partial charge in [-0.05, 0) is 31.0 Å². The van der Waals surface area contributed by atoms with E-state index in [0.717, 1.165) is 63.9 Å². The van der Waals surface area contributed by atoms with E-state index >= 15 is 0 Å². The van der Waals surface area contributed by atoms with Gasteiger partial charge in [0.15, 0.2) is 0 Å². The van der Waals surface area contributed by atoms with Crippen LogP contribution in [0.15, 0.2) is 18.3 Å². The molecule has 2 fully saturated rings. The standard InChI is InChI=1S/C18H28N4O3/c1-2-21(13-16-4-8-25-14-16)18(23)20-12-15-3-5-19-17(11-15)22-6-9-24-10-7-22/h3,5,11,16H,2,4,6-10,12-14H2,1H3,(H,20,23)/t16-/m0/s1. The van der Waals surface area contributed by atoms with Crippen LogP contribution >= 0.6 is 0 Å². The minimum absolute atomic E-state index is 0.0147. The Hall–Kier alpha value is -1.86. The van der Waals surface area contributed by atoms with E-state index in [0.29, 0.717) is 19.0 Å². The van der Waals surface area contributed by atoms with Gasteiger partial charge < -0.3 is 24.6 Å². The molecule has 0 spiro atoms. The van der Waals surface area contributed by atoms with Crippen LogP contribution in [0.4, 0.5) is 10.6 Å². The number of rotatable bonds is 6. The second-order valence-corrected chi connectivity index (χ2v) is 6.55. The molecule has 0 unspecified atom stereocenters. The summed E-state index contributed by atoms with van der Waals surface area (Å²) in [5.74, 6) is 1.41. The van der Waals surface area contributed by atoms with Gasteiger partial charge >= 0.3 is 6.03 Å². The number of pyridine rings is 1. The Kier molecular flexibility index (Phi) is 6.47. The first-order chi connectivity index (χ1) is 12.3. The maximum absolute atomic E-state index is 12.5. The molecule has 2 aliphatic rings. The van der Waals surface area contributed by atoms with Gasteiger partial charge in [0.2, 0.25) is 0 Å². The number of ether oxygens (including phenoxy) is 2. The van der Waals surface area contributed by atoms with Gasteiger partial charge in [-0.1, -0.05) is 0 Å². The Bertz CT molecular complexity index is 557. The predicted octanol–water partition coefficient (Wildman–Crippen LogP) is 1.49. The van der Waals surface area contributed by atoms with E-state index in [1.165, 1.54) is 0 Å². The van der Waals surface area contributed by atoms with Gasteiger partial charge in [0.25, 0.3) is 0 Å².